The lowest BCUT2D eigenvalue weighted by Crippen LogP contribution is -2.47. The van der Waals surface area contributed by atoms with Crippen LogP contribution in [0.2, 0.25) is 0 Å². The molecule has 2 amide bonds. The van der Waals surface area contributed by atoms with Crippen molar-refractivity contribution >= 4 is 18.0 Å². The SMILES string of the molecule is CC1CN(C(=O)C2CCC(NC(=O)OCC3c4ccccc4-c4ccccc43)C2)CCC1C(=O)O. The third-order valence-corrected chi connectivity index (χ3v) is 7.98. The quantitative estimate of drug-likeness (QED) is 0.672. The summed E-state index contributed by atoms with van der Waals surface area (Å²) in [5.74, 6) is -1.26. The van der Waals surface area contributed by atoms with E-state index in [0.717, 1.165) is 12.8 Å². The van der Waals surface area contributed by atoms with Crippen LogP contribution in [0.25, 0.3) is 11.1 Å². The van der Waals surface area contributed by atoms with E-state index in [1.807, 2.05) is 36.1 Å². The molecule has 3 aliphatic rings. The van der Waals surface area contributed by atoms with Gasteiger partial charge in [0.05, 0.1) is 5.92 Å². The van der Waals surface area contributed by atoms with Crippen LogP contribution < -0.4 is 5.32 Å². The number of hydrogen-bond acceptors (Lipinski definition) is 4. The summed E-state index contributed by atoms with van der Waals surface area (Å²) in [6.45, 7) is 3.14. The van der Waals surface area contributed by atoms with Gasteiger partial charge < -0.3 is 20.1 Å². The van der Waals surface area contributed by atoms with Crippen molar-refractivity contribution in [3.63, 3.8) is 0 Å². The summed E-state index contributed by atoms with van der Waals surface area (Å²) in [4.78, 5) is 38.8. The molecule has 1 saturated carbocycles. The van der Waals surface area contributed by atoms with Crippen molar-refractivity contribution in [3.05, 3.63) is 59.7 Å². The maximum absolute atomic E-state index is 13.0. The number of carbonyl (C=O) groups excluding carboxylic acids is 2. The van der Waals surface area contributed by atoms with E-state index < -0.39 is 12.1 Å². The van der Waals surface area contributed by atoms with Gasteiger partial charge in [-0.05, 0) is 53.9 Å². The molecule has 5 rings (SSSR count). The van der Waals surface area contributed by atoms with Crippen LogP contribution in [-0.2, 0) is 14.3 Å². The Kier molecular flexibility index (Phi) is 6.50. The highest BCUT2D eigenvalue weighted by Crippen LogP contribution is 2.44. The van der Waals surface area contributed by atoms with Gasteiger partial charge in [0.1, 0.15) is 6.61 Å². The highest BCUT2D eigenvalue weighted by Gasteiger charge is 2.38. The van der Waals surface area contributed by atoms with E-state index in [9.17, 15) is 19.5 Å². The number of ether oxygens (including phenoxy) is 1. The summed E-state index contributed by atoms with van der Waals surface area (Å²) in [6, 6.07) is 16.4. The molecule has 2 aromatic carbocycles. The fourth-order valence-electron chi connectivity index (χ4n) is 6.11. The minimum Gasteiger partial charge on any atom is -0.481 e. The van der Waals surface area contributed by atoms with Crippen LogP contribution in [-0.4, -0.2) is 53.7 Å². The number of fused-ring (bicyclic) bond motifs is 3. The van der Waals surface area contributed by atoms with Crippen molar-refractivity contribution < 1.29 is 24.2 Å². The van der Waals surface area contributed by atoms with E-state index in [4.69, 9.17) is 4.74 Å². The summed E-state index contributed by atoms with van der Waals surface area (Å²) in [5.41, 5.74) is 4.73. The fraction of sp³-hybridized carbons (Fsp3) is 0.464. The summed E-state index contributed by atoms with van der Waals surface area (Å²) in [7, 11) is 0. The van der Waals surface area contributed by atoms with Gasteiger partial charge >= 0.3 is 12.1 Å². The highest BCUT2D eigenvalue weighted by molar-refractivity contribution is 5.81. The molecule has 1 heterocycles. The Labute approximate surface area is 205 Å². The van der Waals surface area contributed by atoms with Crippen LogP contribution in [0.1, 0.15) is 49.7 Å². The van der Waals surface area contributed by atoms with E-state index in [1.165, 1.54) is 22.3 Å². The van der Waals surface area contributed by atoms with Gasteiger partial charge in [0.25, 0.3) is 0 Å². The minimum absolute atomic E-state index is 0.0155. The van der Waals surface area contributed by atoms with Crippen LogP contribution in [0.4, 0.5) is 4.79 Å². The topological polar surface area (TPSA) is 95.9 Å². The van der Waals surface area contributed by atoms with Gasteiger partial charge in [-0.3, -0.25) is 9.59 Å². The van der Waals surface area contributed by atoms with Crippen molar-refractivity contribution in [2.75, 3.05) is 19.7 Å². The predicted octanol–water partition coefficient (Wildman–Crippen LogP) is 4.26. The van der Waals surface area contributed by atoms with E-state index >= 15 is 0 Å². The van der Waals surface area contributed by atoms with Crippen molar-refractivity contribution in [1.82, 2.24) is 10.2 Å². The zero-order valence-electron chi connectivity index (χ0n) is 20.0. The van der Waals surface area contributed by atoms with Gasteiger partial charge in [0, 0.05) is 31.0 Å². The van der Waals surface area contributed by atoms with Crippen molar-refractivity contribution in [2.24, 2.45) is 17.8 Å². The molecule has 2 N–H and O–H groups in total. The maximum atomic E-state index is 13.0. The van der Waals surface area contributed by atoms with E-state index in [-0.39, 0.29) is 42.2 Å². The number of aliphatic carboxylic acids is 1. The van der Waals surface area contributed by atoms with Crippen LogP contribution in [0.5, 0.6) is 0 Å². The first-order valence-corrected chi connectivity index (χ1v) is 12.6. The molecular weight excluding hydrogens is 444 g/mol. The number of amides is 2. The lowest BCUT2D eigenvalue weighted by atomic mass is 9.86. The highest BCUT2D eigenvalue weighted by atomic mass is 16.5. The van der Waals surface area contributed by atoms with Crippen LogP contribution in [0, 0.1) is 17.8 Å². The average Bonchev–Trinajstić information content (AvgIpc) is 3.44. The zero-order valence-corrected chi connectivity index (χ0v) is 20.0. The molecule has 1 aliphatic heterocycles. The van der Waals surface area contributed by atoms with Crippen molar-refractivity contribution in [2.45, 2.75) is 44.6 Å². The van der Waals surface area contributed by atoms with Crippen LogP contribution in [0.3, 0.4) is 0 Å². The third kappa shape index (κ3) is 4.64. The Bertz CT molecular complexity index is 1090. The maximum Gasteiger partial charge on any atom is 0.407 e. The van der Waals surface area contributed by atoms with Gasteiger partial charge in [0.15, 0.2) is 0 Å². The first-order valence-electron chi connectivity index (χ1n) is 12.6. The number of benzene rings is 2. The number of piperidine rings is 1. The average molecular weight is 477 g/mol. The van der Waals surface area contributed by atoms with Crippen molar-refractivity contribution in [1.29, 1.82) is 0 Å². The Balaban J connectivity index is 1.13. The lowest BCUT2D eigenvalue weighted by Gasteiger charge is -2.36. The summed E-state index contributed by atoms with van der Waals surface area (Å²) in [6.07, 6.45) is 2.11. The third-order valence-electron chi connectivity index (χ3n) is 7.98. The molecule has 7 heteroatoms. The normalized spacial score (nSPS) is 25.6. The Morgan fingerprint density at radius 1 is 1.00 bits per heavy atom. The smallest absolute Gasteiger partial charge is 0.407 e. The second-order valence-corrected chi connectivity index (χ2v) is 10.2. The standard InChI is InChI=1S/C28H32N2O5/c1-17-15-30(13-12-20(17)27(32)33)26(31)18-10-11-19(14-18)29-28(34)35-16-25-23-8-4-2-6-21(23)22-7-3-5-9-24(22)25/h2-9,17-20,25H,10-16H2,1H3,(H,29,34)(H,32,33). The number of likely N-dealkylation sites (tertiary alicyclic amines) is 1. The van der Waals surface area contributed by atoms with Gasteiger partial charge in [0.2, 0.25) is 5.91 Å². The van der Waals surface area contributed by atoms with E-state index in [2.05, 4.69) is 29.6 Å². The molecule has 184 valence electrons. The van der Waals surface area contributed by atoms with Crippen molar-refractivity contribution in [3.8, 4) is 11.1 Å². The molecule has 1 saturated heterocycles. The van der Waals surface area contributed by atoms with Crippen LogP contribution >= 0.6 is 0 Å². The number of carboxylic acid groups (broad SMARTS) is 1. The number of hydrogen-bond donors (Lipinski definition) is 2. The van der Waals surface area contributed by atoms with Gasteiger partial charge in [-0.2, -0.15) is 0 Å². The monoisotopic (exact) mass is 476 g/mol. The predicted molar refractivity (Wildman–Crippen MR) is 131 cm³/mol. The molecule has 0 spiro atoms. The van der Waals surface area contributed by atoms with E-state index in [0.29, 0.717) is 25.9 Å². The van der Waals surface area contributed by atoms with Crippen LogP contribution in [0.15, 0.2) is 48.5 Å². The first kappa shape index (κ1) is 23.4. The summed E-state index contributed by atoms with van der Waals surface area (Å²) < 4.78 is 5.66. The Morgan fingerprint density at radius 3 is 2.29 bits per heavy atom. The number of nitrogens with zero attached hydrogens (tertiary/aromatic N) is 1. The molecule has 0 aromatic heterocycles. The van der Waals surface area contributed by atoms with Gasteiger partial charge in [-0.25, -0.2) is 4.79 Å². The second-order valence-electron chi connectivity index (χ2n) is 10.2. The number of carboxylic acids is 1. The molecule has 4 unspecified atom stereocenters. The second kappa shape index (κ2) is 9.72. The minimum atomic E-state index is -0.780. The fourth-order valence-corrected chi connectivity index (χ4v) is 6.11. The summed E-state index contributed by atoms with van der Waals surface area (Å²) >= 11 is 0. The molecule has 0 bridgehead atoms. The van der Waals surface area contributed by atoms with E-state index in [1.54, 1.807) is 0 Å². The number of alkyl carbamates (subject to hydrolysis) is 1. The molecule has 35 heavy (non-hydrogen) atoms. The molecule has 2 fully saturated rings. The molecule has 4 atom stereocenters. The largest absolute Gasteiger partial charge is 0.481 e. The molecule has 2 aromatic rings. The first-order chi connectivity index (χ1) is 16.9. The summed E-state index contributed by atoms with van der Waals surface area (Å²) in [5, 5.41) is 12.3. The van der Waals surface area contributed by atoms with Gasteiger partial charge in [-0.1, -0.05) is 55.5 Å². The Morgan fingerprint density at radius 2 is 1.66 bits per heavy atom. The Hall–Kier alpha value is -3.35. The molecule has 7 nitrogen and oxygen atoms in total. The number of nitrogens with one attached hydrogen (secondary N) is 1. The number of carbonyl (C=O) groups is 3. The zero-order chi connectivity index (χ0) is 24.5. The lowest BCUT2D eigenvalue weighted by molar-refractivity contribution is -0.149. The molecular formula is C28H32N2O5. The molecule has 2 aliphatic carbocycles. The number of rotatable bonds is 5. The van der Waals surface area contributed by atoms with Gasteiger partial charge in [-0.15, -0.1) is 0 Å². The molecule has 0 radical (unpaired) electrons.